The highest BCUT2D eigenvalue weighted by Gasteiger charge is 2.54. The number of nitrogens with one attached hydrogen (secondary N) is 1. The molecule has 0 aromatic heterocycles. The van der Waals surface area contributed by atoms with Crippen molar-refractivity contribution in [2.45, 2.75) is 44.9 Å². The first-order valence-corrected chi connectivity index (χ1v) is 12.1. The number of halogens is 1. The lowest BCUT2D eigenvalue weighted by molar-refractivity contribution is -0.128. The van der Waals surface area contributed by atoms with Crippen molar-refractivity contribution in [1.82, 2.24) is 15.1 Å². The molecule has 2 aliphatic heterocycles. The molecule has 0 aliphatic carbocycles. The SMILES string of the molecule is CCCNC(=O)[C@@H]1COC2(CCN(C(=O)c3ccc(Cl)cc3)CC2)N1C(=O)c1ccccc1C. The van der Waals surface area contributed by atoms with E-state index in [1.165, 1.54) is 0 Å². The largest absolute Gasteiger partial charge is 0.354 e. The third kappa shape index (κ3) is 4.68. The van der Waals surface area contributed by atoms with E-state index in [4.69, 9.17) is 16.3 Å². The summed E-state index contributed by atoms with van der Waals surface area (Å²) in [4.78, 5) is 43.1. The Balaban J connectivity index is 1.57. The Morgan fingerprint density at radius 3 is 2.38 bits per heavy atom. The maximum atomic E-state index is 13.8. The second-order valence-electron chi connectivity index (χ2n) is 8.85. The first-order chi connectivity index (χ1) is 16.4. The van der Waals surface area contributed by atoms with E-state index in [1.807, 2.05) is 32.0 Å². The highest BCUT2D eigenvalue weighted by Crippen LogP contribution is 2.39. The smallest absolute Gasteiger partial charge is 0.257 e. The van der Waals surface area contributed by atoms with Crippen LogP contribution in [0.4, 0.5) is 0 Å². The van der Waals surface area contributed by atoms with Gasteiger partial charge in [-0.15, -0.1) is 0 Å². The number of rotatable bonds is 5. The number of carbonyl (C=O) groups excluding carboxylic acids is 3. The van der Waals surface area contributed by atoms with E-state index in [2.05, 4.69) is 5.32 Å². The molecule has 8 heteroatoms. The van der Waals surface area contributed by atoms with Crippen molar-refractivity contribution in [2.24, 2.45) is 0 Å². The fourth-order valence-corrected chi connectivity index (χ4v) is 4.84. The van der Waals surface area contributed by atoms with Gasteiger partial charge < -0.3 is 15.0 Å². The van der Waals surface area contributed by atoms with Gasteiger partial charge in [0.05, 0.1) is 6.61 Å². The molecule has 2 saturated heterocycles. The van der Waals surface area contributed by atoms with Gasteiger partial charge in [-0.1, -0.05) is 36.7 Å². The zero-order valence-electron chi connectivity index (χ0n) is 19.6. The van der Waals surface area contributed by atoms with Crippen LogP contribution in [0.3, 0.4) is 0 Å². The van der Waals surface area contributed by atoms with Gasteiger partial charge in [0.1, 0.15) is 11.8 Å². The second kappa shape index (κ2) is 10.2. The summed E-state index contributed by atoms with van der Waals surface area (Å²) >= 11 is 5.95. The van der Waals surface area contributed by atoms with Crippen molar-refractivity contribution in [3.63, 3.8) is 0 Å². The molecule has 1 atom stereocenters. The zero-order valence-corrected chi connectivity index (χ0v) is 20.3. The average molecular weight is 484 g/mol. The molecular formula is C26H30ClN3O4. The molecule has 2 aromatic carbocycles. The molecule has 2 fully saturated rings. The molecule has 2 aromatic rings. The molecule has 0 bridgehead atoms. The number of carbonyl (C=O) groups is 3. The Bertz CT molecular complexity index is 1060. The third-order valence-electron chi connectivity index (χ3n) is 6.63. The van der Waals surface area contributed by atoms with Crippen LogP contribution in [0.2, 0.25) is 5.02 Å². The van der Waals surface area contributed by atoms with Crippen molar-refractivity contribution < 1.29 is 19.1 Å². The molecule has 0 radical (unpaired) electrons. The van der Waals surface area contributed by atoms with Gasteiger partial charge in [-0.3, -0.25) is 19.3 Å². The van der Waals surface area contributed by atoms with Gasteiger partial charge in [0.15, 0.2) is 0 Å². The zero-order chi connectivity index (χ0) is 24.3. The van der Waals surface area contributed by atoms with Crippen molar-refractivity contribution >= 4 is 29.3 Å². The van der Waals surface area contributed by atoms with Crippen molar-refractivity contribution in [2.75, 3.05) is 26.2 Å². The summed E-state index contributed by atoms with van der Waals surface area (Å²) in [7, 11) is 0. The fourth-order valence-electron chi connectivity index (χ4n) is 4.71. The first-order valence-electron chi connectivity index (χ1n) is 11.7. The number of amides is 3. The van der Waals surface area contributed by atoms with Gasteiger partial charge in [-0.2, -0.15) is 0 Å². The molecular weight excluding hydrogens is 454 g/mol. The topological polar surface area (TPSA) is 79.0 Å². The predicted molar refractivity (Wildman–Crippen MR) is 130 cm³/mol. The van der Waals surface area contributed by atoms with Gasteiger partial charge in [-0.25, -0.2) is 0 Å². The molecule has 1 spiro atoms. The summed E-state index contributed by atoms with van der Waals surface area (Å²) in [6, 6.07) is 13.5. The Morgan fingerprint density at radius 1 is 1.06 bits per heavy atom. The average Bonchev–Trinajstić information content (AvgIpc) is 3.21. The molecule has 3 amide bonds. The molecule has 2 heterocycles. The van der Waals surface area contributed by atoms with Crippen LogP contribution in [0, 0.1) is 6.92 Å². The van der Waals surface area contributed by atoms with E-state index in [9.17, 15) is 14.4 Å². The van der Waals surface area contributed by atoms with E-state index in [-0.39, 0.29) is 24.3 Å². The minimum absolute atomic E-state index is 0.0847. The van der Waals surface area contributed by atoms with Crippen LogP contribution in [0.5, 0.6) is 0 Å². The Labute approximate surface area is 205 Å². The summed E-state index contributed by atoms with van der Waals surface area (Å²) in [5.41, 5.74) is 1.04. The van der Waals surface area contributed by atoms with Crippen LogP contribution in [0.25, 0.3) is 0 Å². The number of hydrogen-bond acceptors (Lipinski definition) is 4. The van der Waals surface area contributed by atoms with Crippen LogP contribution in [0.1, 0.15) is 52.5 Å². The molecule has 0 unspecified atom stereocenters. The van der Waals surface area contributed by atoms with Gasteiger partial charge in [0, 0.05) is 48.6 Å². The number of ether oxygens (including phenoxy) is 1. The number of benzene rings is 2. The van der Waals surface area contributed by atoms with E-state index in [0.717, 1.165) is 12.0 Å². The van der Waals surface area contributed by atoms with Crippen LogP contribution >= 0.6 is 11.6 Å². The fraction of sp³-hybridized carbons (Fsp3) is 0.423. The molecule has 4 rings (SSSR count). The number of aryl methyl sites for hydroxylation is 1. The summed E-state index contributed by atoms with van der Waals surface area (Å²) in [6.45, 7) is 5.38. The van der Waals surface area contributed by atoms with Gasteiger partial charge >= 0.3 is 0 Å². The van der Waals surface area contributed by atoms with Crippen molar-refractivity contribution in [3.8, 4) is 0 Å². The van der Waals surface area contributed by atoms with Crippen LogP contribution in [-0.2, 0) is 9.53 Å². The lowest BCUT2D eigenvalue weighted by atomic mass is 9.95. The summed E-state index contributed by atoms with van der Waals surface area (Å²) < 4.78 is 6.23. The molecule has 34 heavy (non-hydrogen) atoms. The van der Waals surface area contributed by atoms with E-state index < -0.39 is 11.8 Å². The van der Waals surface area contributed by atoms with E-state index >= 15 is 0 Å². The normalized spacial score (nSPS) is 19.3. The van der Waals surface area contributed by atoms with E-state index in [0.29, 0.717) is 48.6 Å². The Kier molecular flexibility index (Phi) is 7.24. The second-order valence-corrected chi connectivity index (χ2v) is 9.29. The van der Waals surface area contributed by atoms with Crippen molar-refractivity contribution in [3.05, 3.63) is 70.2 Å². The molecule has 7 nitrogen and oxygen atoms in total. The summed E-state index contributed by atoms with van der Waals surface area (Å²) in [6.07, 6.45) is 1.67. The van der Waals surface area contributed by atoms with E-state index in [1.54, 1.807) is 40.1 Å². The lowest BCUT2D eigenvalue weighted by Gasteiger charge is -2.44. The molecule has 180 valence electrons. The number of likely N-dealkylation sites (tertiary alicyclic amines) is 1. The summed E-state index contributed by atoms with van der Waals surface area (Å²) in [5.74, 6) is -0.511. The van der Waals surface area contributed by atoms with Crippen LogP contribution in [-0.4, -0.2) is 65.5 Å². The first kappa shape index (κ1) is 24.2. The maximum absolute atomic E-state index is 13.8. The lowest BCUT2D eigenvalue weighted by Crippen LogP contribution is -2.60. The maximum Gasteiger partial charge on any atom is 0.257 e. The van der Waals surface area contributed by atoms with Gasteiger partial charge in [0.2, 0.25) is 5.91 Å². The number of hydrogen-bond donors (Lipinski definition) is 1. The third-order valence-corrected chi connectivity index (χ3v) is 6.88. The number of piperidine rings is 1. The summed E-state index contributed by atoms with van der Waals surface area (Å²) in [5, 5.41) is 3.49. The predicted octanol–water partition coefficient (Wildman–Crippen LogP) is 3.65. The Hall–Kier alpha value is -2.90. The minimum Gasteiger partial charge on any atom is -0.354 e. The highest BCUT2D eigenvalue weighted by atomic mass is 35.5. The molecule has 1 N–H and O–H groups in total. The van der Waals surface area contributed by atoms with Gasteiger partial charge in [0.25, 0.3) is 11.8 Å². The van der Waals surface area contributed by atoms with Crippen LogP contribution in [0.15, 0.2) is 48.5 Å². The monoisotopic (exact) mass is 483 g/mol. The number of nitrogens with zero attached hydrogens (tertiary/aromatic N) is 2. The quantitative estimate of drug-likeness (QED) is 0.704. The molecule has 2 aliphatic rings. The Morgan fingerprint density at radius 2 is 1.74 bits per heavy atom. The molecule has 0 saturated carbocycles. The van der Waals surface area contributed by atoms with Crippen molar-refractivity contribution in [1.29, 1.82) is 0 Å². The minimum atomic E-state index is -0.926. The van der Waals surface area contributed by atoms with Crippen LogP contribution < -0.4 is 5.32 Å². The highest BCUT2D eigenvalue weighted by molar-refractivity contribution is 6.30. The van der Waals surface area contributed by atoms with Gasteiger partial charge in [-0.05, 0) is 49.2 Å². The standard InChI is InChI=1S/C26H30ClN3O4/c1-3-14-28-23(31)22-17-34-26(30(22)25(33)21-7-5-4-6-18(21)2)12-15-29(16-13-26)24(32)19-8-10-20(27)11-9-19/h4-11,22H,3,12-17H2,1-2H3,(H,28,31)/t22-/m0/s1.